The van der Waals surface area contributed by atoms with E-state index < -0.39 is 5.41 Å². The molecular weight excluding hydrogens is 290 g/mol. The first-order valence-corrected chi connectivity index (χ1v) is 6.43. The molecule has 0 radical (unpaired) electrons. The number of benzene rings is 1. The Morgan fingerprint density at radius 1 is 1.29 bits per heavy atom. The summed E-state index contributed by atoms with van der Waals surface area (Å²) in [5.74, 6) is 1.22. The largest absolute Gasteiger partial charge is 0.326 e. The van der Waals surface area contributed by atoms with Gasteiger partial charge in [-0.05, 0) is 24.3 Å². The number of hydrogen-bond acceptors (Lipinski definition) is 4. The van der Waals surface area contributed by atoms with Crippen LogP contribution in [0.4, 0.5) is 5.69 Å². The molecule has 21 heavy (non-hydrogen) atoms. The third kappa shape index (κ3) is 4.27. The third-order valence-corrected chi connectivity index (χ3v) is 2.81. The monoisotopic (exact) mass is 309 g/mol. The first-order valence-electron chi connectivity index (χ1n) is 6.43. The summed E-state index contributed by atoms with van der Waals surface area (Å²) in [4.78, 5) is 16.1. The number of nitrogens with two attached hydrogens (primary N) is 1. The van der Waals surface area contributed by atoms with Crippen LogP contribution in [0.5, 0.6) is 0 Å². The van der Waals surface area contributed by atoms with Crippen LogP contribution in [-0.2, 0) is 11.3 Å². The Labute approximate surface area is 129 Å². The smallest absolute Gasteiger partial charge is 0.229 e. The molecule has 0 atom stereocenters. The molecule has 1 aromatic carbocycles. The minimum Gasteiger partial charge on any atom is -0.326 e. The molecule has 1 amide bonds. The van der Waals surface area contributed by atoms with Gasteiger partial charge in [-0.25, -0.2) is 4.98 Å². The van der Waals surface area contributed by atoms with Gasteiger partial charge in [0.05, 0.1) is 6.54 Å². The number of anilines is 1. The molecule has 7 heteroatoms. The number of hydrogen-bond donors (Lipinski definition) is 3. The maximum Gasteiger partial charge on any atom is 0.229 e. The van der Waals surface area contributed by atoms with Crippen LogP contribution in [0.15, 0.2) is 24.3 Å². The topological polar surface area (TPSA) is 96.7 Å². The summed E-state index contributed by atoms with van der Waals surface area (Å²) >= 11 is 0. The van der Waals surface area contributed by atoms with Crippen LogP contribution in [0, 0.1) is 5.41 Å². The molecule has 0 aliphatic heterocycles. The van der Waals surface area contributed by atoms with Gasteiger partial charge in [-0.15, -0.1) is 12.4 Å². The predicted molar refractivity (Wildman–Crippen MR) is 85.0 cm³/mol. The Kier molecular flexibility index (Phi) is 5.46. The lowest BCUT2D eigenvalue weighted by Gasteiger charge is -2.17. The summed E-state index contributed by atoms with van der Waals surface area (Å²) in [6, 6.07) is 7.39. The Bertz CT molecular complexity index is 601. The van der Waals surface area contributed by atoms with E-state index in [2.05, 4.69) is 20.5 Å². The van der Waals surface area contributed by atoms with Gasteiger partial charge in [-0.2, -0.15) is 5.10 Å². The van der Waals surface area contributed by atoms with E-state index in [1.807, 2.05) is 45.0 Å². The molecule has 114 valence electrons. The van der Waals surface area contributed by atoms with E-state index >= 15 is 0 Å². The molecule has 0 unspecified atom stereocenters. The lowest BCUT2D eigenvalue weighted by molar-refractivity contribution is -0.123. The third-order valence-electron chi connectivity index (χ3n) is 2.81. The number of aromatic nitrogens is 3. The minimum atomic E-state index is -0.418. The van der Waals surface area contributed by atoms with E-state index in [4.69, 9.17) is 5.73 Å². The van der Waals surface area contributed by atoms with Gasteiger partial charge in [0.25, 0.3) is 0 Å². The number of nitrogens with one attached hydrogen (secondary N) is 2. The summed E-state index contributed by atoms with van der Waals surface area (Å²) in [7, 11) is 0. The SMILES string of the molecule is CC(C)(C)C(=O)Nc1ccc(-c2n[nH]c(CN)n2)cc1.Cl. The van der Waals surface area contributed by atoms with Crippen molar-refractivity contribution in [3.8, 4) is 11.4 Å². The fourth-order valence-corrected chi connectivity index (χ4v) is 1.54. The van der Waals surface area contributed by atoms with Crippen molar-refractivity contribution in [2.24, 2.45) is 11.1 Å². The van der Waals surface area contributed by atoms with Gasteiger partial charge in [0.1, 0.15) is 5.82 Å². The molecule has 2 rings (SSSR count). The zero-order chi connectivity index (χ0) is 14.8. The number of H-pyrrole nitrogens is 1. The fourth-order valence-electron chi connectivity index (χ4n) is 1.54. The number of halogens is 1. The molecule has 0 saturated carbocycles. The standard InChI is InChI=1S/C14H19N5O.ClH/c1-14(2,3)13(20)16-10-6-4-9(5-7-10)12-17-11(8-15)18-19-12;/h4-7H,8,15H2,1-3H3,(H,16,20)(H,17,18,19);1H. The molecule has 1 aromatic heterocycles. The summed E-state index contributed by atoms with van der Waals surface area (Å²) in [6.45, 7) is 5.95. The first-order chi connectivity index (χ1) is 9.40. The Hall–Kier alpha value is -1.92. The van der Waals surface area contributed by atoms with Crippen molar-refractivity contribution in [2.45, 2.75) is 27.3 Å². The second-order valence-corrected chi connectivity index (χ2v) is 5.59. The predicted octanol–water partition coefficient (Wildman–Crippen LogP) is 2.34. The zero-order valence-electron chi connectivity index (χ0n) is 12.3. The normalized spacial score (nSPS) is 10.9. The molecule has 4 N–H and O–H groups in total. The molecule has 2 aromatic rings. The van der Waals surface area contributed by atoms with Crippen molar-refractivity contribution in [3.63, 3.8) is 0 Å². The van der Waals surface area contributed by atoms with Gasteiger partial charge in [0, 0.05) is 16.7 Å². The van der Waals surface area contributed by atoms with Crippen molar-refractivity contribution >= 4 is 24.0 Å². The van der Waals surface area contributed by atoms with Crippen LogP contribution < -0.4 is 11.1 Å². The molecule has 0 spiro atoms. The van der Waals surface area contributed by atoms with Gasteiger partial charge >= 0.3 is 0 Å². The van der Waals surface area contributed by atoms with Crippen molar-refractivity contribution < 1.29 is 4.79 Å². The number of amides is 1. The number of carbonyl (C=O) groups is 1. The van der Waals surface area contributed by atoms with Crippen molar-refractivity contribution in [1.29, 1.82) is 0 Å². The lowest BCUT2D eigenvalue weighted by atomic mass is 9.95. The maximum atomic E-state index is 11.9. The maximum absolute atomic E-state index is 11.9. The highest BCUT2D eigenvalue weighted by Gasteiger charge is 2.21. The number of carbonyl (C=O) groups excluding carboxylic acids is 1. The van der Waals surface area contributed by atoms with E-state index in [-0.39, 0.29) is 18.3 Å². The summed E-state index contributed by atoms with van der Waals surface area (Å²) < 4.78 is 0. The highest BCUT2D eigenvalue weighted by atomic mass is 35.5. The van der Waals surface area contributed by atoms with E-state index in [9.17, 15) is 4.79 Å². The Morgan fingerprint density at radius 3 is 2.38 bits per heavy atom. The highest BCUT2D eigenvalue weighted by Crippen LogP contribution is 2.20. The van der Waals surface area contributed by atoms with E-state index in [1.165, 1.54) is 0 Å². The van der Waals surface area contributed by atoms with Crippen molar-refractivity contribution in [3.05, 3.63) is 30.1 Å². The van der Waals surface area contributed by atoms with Gasteiger partial charge in [0.15, 0.2) is 5.82 Å². The Balaban J connectivity index is 0.00000220. The van der Waals surface area contributed by atoms with Crippen LogP contribution in [0.25, 0.3) is 11.4 Å². The van der Waals surface area contributed by atoms with Gasteiger partial charge in [-0.1, -0.05) is 20.8 Å². The van der Waals surface area contributed by atoms with E-state index in [0.29, 0.717) is 18.2 Å². The molecule has 0 saturated heterocycles. The van der Waals surface area contributed by atoms with Crippen LogP contribution in [0.2, 0.25) is 0 Å². The molecular formula is C14H20ClN5O. The summed E-state index contributed by atoms with van der Waals surface area (Å²) in [6.07, 6.45) is 0. The van der Waals surface area contributed by atoms with Crippen molar-refractivity contribution in [1.82, 2.24) is 15.2 Å². The molecule has 0 aliphatic rings. The quantitative estimate of drug-likeness (QED) is 0.810. The average Bonchev–Trinajstić information content (AvgIpc) is 2.87. The molecule has 1 heterocycles. The van der Waals surface area contributed by atoms with Crippen LogP contribution in [0.1, 0.15) is 26.6 Å². The average molecular weight is 310 g/mol. The van der Waals surface area contributed by atoms with Crippen molar-refractivity contribution in [2.75, 3.05) is 5.32 Å². The molecule has 0 bridgehead atoms. The summed E-state index contributed by atoms with van der Waals surface area (Å²) in [5, 5.41) is 9.72. The molecule has 6 nitrogen and oxygen atoms in total. The zero-order valence-corrected chi connectivity index (χ0v) is 13.1. The van der Waals surface area contributed by atoms with Gasteiger partial charge < -0.3 is 11.1 Å². The highest BCUT2D eigenvalue weighted by molar-refractivity contribution is 5.94. The summed E-state index contributed by atoms with van der Waals surface area (Å²) in [5.41, 5.74) is 6.68. The first kappa shape index (κ1) is 17.1. The Morgan fingerprint density at radius 2 is 1.90 bits per heavy atom. The molecule has 0 fully saturated rings. The number of rotatable bonds is 3. The fraction of sp³-hybridized carbons (Fsp3) is 0.357. The van der Waals surface area contributed by atoms with E-state index in [1.54, 1.807) is 0 Å². The van der Waals surface area contributed by atoms with Gasteiger partial charge in [-0.3, -0.25) is 9.89 Å². The van der Waals surface area contributed by atoms with Crippen LogP contribution >= 0.6 is 12.4 Å². The minimum absolute atomic E-state index is 0. The second kappa shape index (κ2) is 6.69. The van der Waals surface area contributed by atoms with E-state index in [0.717, 1.165) is 11.3 Å². The van der Waals surface area contributed by atoms with Gasteiger partial charge in [0.2, 0.25) is 5.91 Å². The van der Waals surface area contributed by atoms with Crippen LogP contribution in [0.3, 0.4) is 0 Å². The second-order valence-electron chi connectivity index (χ2n) is 5.59. The molecule has 0 aliphatic carbocycles. The van der Waals surface area contributed by atoms with Crippen LogP contribution in [-0.4, -0.2) is 21.1 Å². The number of aromatic amines is 1. The number of nitrogens with zero attached hydrogens (tertiary/aromatic N) is 2. The lowest BCUT2D eigenvalue weighted by Crippen LogP contribution is -2.27.